The van der Waals surface area contributed by atoms with E-state index in [9.17, 15) is 9.00 Å². The molecule has 0 bridgehead atoms. The van der Waals surface area contributed by atoms with Gasteiger partial charge >= 0.3 is 0 Å². The minimum absolute atomic E-state index is 0.237. The number of benzene rings is 2. The Balaban J connectivity index is 2.19. The fourth-order valence-electron chi connectivity index (χ4n) is 2.78. The molecule has 28 heavy (non-hydrogen) atoms. The number of hydrogen-bond acceptors (Lipinski definition) is 3. The highest BCUT2D eigenvalue weighted by Gasteiger charge is 2.18. The first-order chi connectivity index (χ1) is 13.3. The summed E-state index contributed by atoms with van der Waals surface area (Å²) >= 11 is 6.97. The first-order valence-electron chi connectivity index (χ1n) is 8.72. The van der Waals surface area contributed by atoms with E-state index in [1.165, 1.54) is 5.56 Å². The van der Waals surface area contributed by atoms with Crippen molar-refractivity contribution in [3.63, 3.8) is 0 Å². The molecule has 0 N–H and O–H groups in total. The zero-order valence-electron chi connectivity index (χ0n) is 15.8. The minimum Gasteiger partial charge on any atom is -0.319 e. The van der Waals surface area contributed by atoms with Gasteiger partial charge in [-0.05, 0) is 36.2 Å². The van der Waals surface area contributed by atoms with Gasteiger partial charge in [-0.3, -0.25) is 9.47 Å². The van der Waals surface area contributed by atoms with Crippen LogP contribution in [0.5, 0.6) is 0 Å². The van der Waals surface area contributed by atoms with Crippen molar-refractivity contribution in [1.29, 1.82) is 0 Å². The first kappa shape index (κ1) is 21.0. The van der Waals surface area contributed by atoms with Gasteiger partial charge in [-0.25, -0.2) is 4.21 Å². The van der Waals surface area contributed by atoms with Crippen LogP contribution in [0.25, 0.3) is 11.1 Å². The Hall–Kier alpha value is -1.70. The van der Waals surface area contributed by atoms with Crippen LogP contribution in [0.3, 0.4) is 0 Å². The van der Waals surface area contributed by atoms with Gasteiger partial charge in [-0.2, -0.15) is 0 Å². The summed E-state index contributed by atoms with van der Waals surface area (Å²) in [6, 6.07) is 13.2. The highest BCUT2D eigenvalue weighted by molar-refractivity contribution is 9.11. The number of hydrogen-bond donors (Lipinski definition) is 0. The van der Waals surface area contributed by atoms with Gasteiger partial charge in [-0.1, -0.05) is 57.0 Å². The fourth-order valence-corrected chi connectivity index (χ4v) is 5.16. The highest BCUT2D eigenvalue weighted by Crippen LogP contribution is 2.30. The summed E-state index contributed by atoms with van der Waals surface area (Å²) in [7, 11) is 2.16. The Bertz CT molecular complexity index is 1090. The molecule has 0 aliphatic heterocycles. The van der Waals surface area contributed by atoms with Crippen molar-refractivity contribution in [3.8, 4) is 11.1 Å². The second kappa shape index (κ2) is 8.76. The van der Waals surface area contributed by atoms with Crippen LogP contribution in [0.15, 0.2) is 78.4 Å². The van der Waals surface area contributed by atoms with E-state index in [1.807, 2.05) is 61.6 Å². The second-order valence-electron chi connectivity index (χ2n) is 6.48. The zero-order chi connectivity index (χ0) is 20.4. The smallest absolute Gasteiger partial charge is 0.206 e. The standard InChI is InChI=1S/C21H20Br2N2O2S/c1-4-14-5-8-16(9-6-14)28(27)20-13-25(24(2)3)12-18(21(20)26)17-10-7-15(22)11-19(17)23/h5-13H,4H2,1-3H3. The lowest BCUT2D eigenvalue weighted by Gasteiger charge is -2.19. The molecule has 146 valence electrons. The Labute approximate surface area is 183 Å². The molecule has 1 atom stereocenters. The molecule has 7 heteroatoms. The van der Waals surface area contributed by atoms with Gasteiger partial charge in [0.25, 0.3) is 0 Å². The number of rotatable bonds is 5. The van der Waals surface area contributed by atoms with Crippen molar-refractivity contribution >= 4 is 42.7 Å². The van der Waals surface area contributed by atoms with E-state index in [1.54, 1.807) is 17.1 Å². The van der Waals surface area contributed by atoms with Crippen molar-refractivity contribution in [2.24, 2.45) is 0 Å². The molecule has 1 unspecified atom stereocenters. The summed E-state index contributed by atoms with van der Waals surface area (Å²) in [5.74, 6) is 0. The predicted molar refractivity (Wildman–Crippen MR) is 122 cm³/mol. The lowest BCUT2D eigenvalue weighted by Crippen LogP contribution is -2.28. The molecule has 0 radical (unpaired) electrons. The Morgan fingerprint density at radius 1 is 1.00 bits per heavy atom. The Morgan fingerprint density at radius 2 is 1.68 bits per heavy atom. The topological polar surface area (TPSA) is 42.3 Å². The van der Waals surface area contributed by atoms with Crippen molar-refractivity contribution in [1.82, 2.24) is 4.68 Å². The summed E-state index contributed by atoms with van der Waals surface area (Å²) in [5, 5.41) is 1.83. The lowest BCUT2D eigenvalue weighted by molar-refractivity contribution is 0.676. The predicted octanol–water partition coefficient (Wildman–Crippen LogP) is 4.97. The molecule has 0 aliphatic rings. The number of nitrogens with zero attached hydrogens (tertiary/aromatic N) is 2. The highest BCUT2D eigenvalue weighted by atomic mass is 79.9. The van der Waals surface area contributed by atoms with E-state index >= 15 is 0 Å². The summed E-state index contributed by atoms with van der Waals surface area (Å²) in [4.78, 5) is 14.1. The summed E-state index contributed by atoms with van der Waals surface area (Å²) in [6.45, 7) is 2.07. The van der Waals surface area contributed by atoms with Gasteiger partial charge in [0.15, 0.2) is 0 Å². The molecular formula is C21H20Br2N2O2S. The fraction of sp³-hybridized carbons (Fsp3) is 0.190. The van der Waals surface area contributed by atoms with E-state index in [4.69, 9.17) is 0 Å². The van der Waals surface area contributed by atoms with E-state index in [0.29, 0.717) is 10.5 Å². The molecule has 1 aromatic heterocycles. The van der Waals surface area contributed by atoms with Gasteiger partial charge in [0.05, 0.1) is 10.8 Å². The molecule has 0 spiro atoms. The van der Waals surface area contributed by atoms with Crippen LogP contribution < -0.4 is 10.4 Å². The third-order valence-electron chi connectivity index (χ3n) is 4.41. The number of aromatic nitrogens is 1. The van der Waals surface area contributed by atoms with Crippen LogP contribution >= 0.6 is 31.9 Å². The lowest BCUT2D eigenvalue weighted by atomic mass is 10.1. The monoisotopic (exact) mass is 522 g/mol. The molecule has 0 amide bonds. The molecule has 0 fully saturated rings. The molecule has 0 saturated heterocycles. The molecule has 0 saturated carbocycles. The summed E-state index contributed by atoms with van der Waals surface area (Å²) in [6.07, 6.45) is 4.31. The van der Waals surface area contributed by atoms with E-state index in [2.05, 4.69) is 38.8 Å². The van der Waals surface area contributed by atoms with Gasteiger partial charge in [0.1, 0.15) is 4.90 Å². The Kier molecular flexibility index (Phi) is 6.58. The average molecular weight is 524 g/mol. The van der Waals surface area contributed by atoms with Crippen molar-refractivity contribution < 1.29 is 4.21 Å². The molecule has 3 aromatic rings. The molecule has 1 heterocycles. The van der Waals surface area contributed by atoms with Gasteiger partial charge in [-0.15, -0.1) is 0 Å². The molecule has 4 nitrogen and oxygen atoms in total. The van der Waals surface area contributed by atoms with Crippen LogP contribution in [0, 0.1) is 0 Å². The van der Waals surface area contributed by atoms with Crippen LogP contribution in [-0.4, -0.2) is 23.0 Å². The number of halogens is 2. The van der Waals surface area contributed by atoms with Crippen LogP contribution in [0.1, 0.15) is 12.5 Å². The van der Waals surface area contributed by atoms with E-state index < -0.39 is 10.8 Å². The summed E-state index contributed by atoms with van der Waals surface area (Å²) < 4.78 is 16.7. The van der Waals surface area contributed by atoms with E-state index in [0.717, 1.165) is 20.9 Å². The molecular weight excluding hydrogens is 504 g/mol. The van der Waals surface area contributed by atoms with Crippen molar-refractivity contribution in [2.75, 3.05) is 19.1 Å². The molecule has 3 rings (SSSR count). The number of aryl methyl sites for hydroxylation is 1. The average Bonchev–Trinajstić information content (AvgIpc) is 2.68. The molecule has 0 aliphatic carbocycles. The van der Waals surface area contributed by atoms with Crippen molar-refractivity contribution in [3.05, 3.63) is 79.6 Å². The van der Waals surface area contributed by atoms with Gasteiger partial charge in [0.2, 0.25) is 5.43 Å². The van der Waals surface area contributed by atoms with Crippen LogP contribution in [0.4, 0.5) is 0 Å². The van der Waals surface area contributed by atoms with Gasteiger partial charge < -0.3 is 5.01 Å². The quantitative estimate of drug-likeness (QED) is 0.474. The first-order valence-corrected chi connectivity index (χ1v) is 11.5. The van der Waals surface area contributed by atoms with E-state index in [-0.39, 0.29) is 10.3 Å². The van der Waals surface area contributed by atoms with Crippen LogP contribution in [-0.2, 0) is 17.2 Å². The summed E-state index contributed by atoms with van der Waals surface area (Å²) in [5.41, 5.74) is 2.17. The normalized spacial score (nSPS) is 12.0. The van der Waals surface area contributed by atoms with Gasteiger partial charge in [0, 0.05) is 51.5 Å². The SMILES string of the molecule is CCc1ccc(S(=O)c2cn(N(C)C)cc(-c3ccc(Br)cc3Br)c2=O)cc1. The minimum atomic E-state index is -1.58. The third-order valence-corrected chi connectivity index (χ3v) is 6.95. The number of pyridine rings is 1. The largest absolute Gasteiger partial charge is 0.319 e. The second-order valence-corrected chi connectivity index (χ2v) is 9.70. The third kappa shape index (κ3) is 4.31. The molecule has 2 aromatic carbocycles. The zero-order valence-corrected chi connectivity index (χ0v) is 19.8. The maximum absolute atomic E-state index is 13.3. The maximum atomic E-state index is 13.3. The maximum Gasteiger partial charge on any atom is 0.206 e. The van der Waals surface area contributed by atoms with Crippen molar-refractivity contribution in [2.45, 2.75) is 23.1 Å². The Morgan fingerprint density at radius 3 is 2.25 bits per heavy atom. The van der Waals surface area contributed by atoms with Crippen LogP contribution in [0.2, 0.25) is 0 Å².